The smallest absolute Gasteiger partial charge is 0.127 e. The molecule has 0 aliphatic heterocycles. The van der Waals surface area contributed by atoms with Crippen LogP contribution in [0.4, 0.5) is 5.82 Å². The highest BCUT2D eigenvalue weighted by Crippen LogP contribution is 2.34. The number of nitrogen functional groups attached to an aromatic ring is 1. The second kappa shape index (κ2) is 6.07. The minimum atomic E-state index is 0.603. The fraction of sp³-hybridized carbons (Fsp3) is 0.667. The van der Waals surface area contributed by atoms with Gasteiger partial charge in [0.2, 0.25) is 0 Å². The van der Waals surface area contributed by atoms with Crippen LogP contribution in [-0.4, -0.2) is 9.55 Å². The summed E-state index contributed by atoms with van der Waals surface area (Å²) < 4.78 is 2.17. The third-order valence-electron chi connectivity index (χ3n) is 3.88. The van der Waals surface area contributed by atoms with Crippen LogP contribution in [-0.2, 0) is 13.0 Å². The quantitative estimate of drug-likeness (QED) is 0.807. The lowest BCUT2D eigenvalue weighted by molar-refractivity contribution is 0.419. The van der Waals surface area contributed by atoms with E-state index in [0.29, 0.717) is 5.92 Å². The Kier molecular flexibility index (Phi) is 4.45. The number of aryl methyl sites for hydroxylation is 1. The summed E-state index contributed by atoms with van der Waals surface area (Å²) >= 11 is 0. The number of hydrogen-bond donors (Lipinski definition) is 1. The summed E-state index contributed by atoms with van der Waals surface area (Å²) in [6, 6.07) is 0. The average Bonchev–Trinajstić information content (AvgIpc) is 2.70. The van der Waals surface area contributed by atoms with Gasteiger partial charge in [0, 0.05) is 12.5 Å². The van der Waals surface area contributed by atoms with E-state index in [1.807, 2.05) is 6.08 Å². The van der Waals surface area contributed by atoms with Crippen molar-refractivity contribution in [2.75, 3.05) is 5.73 Å². The van der Waals surface area contributed by atoms with Crippen molar-refractivity contribution in [3.63, 3.8) is 0 Å². The average molecular weight is 247 g/mol. The van der Waals surface area contributed by atoms with Gasteiger partial charge in [-0.1, -0.05) is 38.7 Å². The second-order valence-electron chi connectivity index (χ2n) is 5.29. The minimum Gasteiger partial charge on any atom is -0.384 e. The van der Waals surface area contributed by atoms with Crippen molar-refractivity contribution in [1.29, 1.82) is 0 Å². The maximum atomic E-state index is 6.24. The highest BCUT2D eigenvalue weighted by atomic mass is 15.1. The van der Waals surface area contributed by atoms with Crippen LogP contribution in [0, 0.1) is 0 Å². The number of rotatable bonds is 5. The Hall–Kier alpha value is -1.25. The van der Waals surface area contributed by atoms with Crippen molar-refractivity contribution >= 4 is 5.82 Å². The normalized spacial score (nSPS) is 16.9. The lowest BCUT2D eigenvalue weighted by Gasteiger charge is -2.22. The van der Waals surface area contributed by atoms with Crippen LogP contribution in [0.25, 0.3) is 0 Å². The van der Waals surface area contributed by atoms with Crippen molar-refractivity contribution < 1.29 is 0 Å². The molecule has 0 amide bonds. The largest absolute Gasteiger partial charge is 0.384 e. The Morgan fingerprint density at radius 1 is 1.39 bits per heavy atom. The first-order chi connectivity index (χ1) is 8.77. The van der Waals surface area contributed by atoms with Crippen molar-refractivity contribution in [1.82, 2.24) is 9.55 Å². The molecule has 3 heteroatoms. The van der Waals surface area contributed by atoms with Crippen LogP contribution in [0.2, 0.25) is 0 Å². The maximum absolute atomic E-state index is 6.24. The van der Waals surface area contributed by atoms with Gasteiger partial charge in [-0.25, -0.2) is 4.98 Å². The third kappa shape index (κ3) is 2.60. The molecule has 1 aliphatic rings. The van der Waals surface area contributed by atoms with Crippen LogP contribution in [0.3, 0.4) is 0 Å². The van der Waals surface area contributed by atoms with Crippen molar-refractivity contribution in [3.8, 4) is 0 Å². The number of nitrogens with two attached hydrogens (primary N) is 1. The highest BCUT2D eigenvalue weighted by molar-refractivity contribution is 5.39. The third-order valence-corrected chi connectivity index (χ3v) is 3.88. The van der Waals surface area contributed by atoms with Gasteiger partial charge in [0.25, 0.3) is 0 Å². The molecule has 0 unspecified atom stereocenters. The van der Waals surface area contributed by atoms with Gasteiger partial charge in [-0.3, -0.25) is 0 Å². The summed E-state index contributed by atoms with van der Waals surface area (Å²) in [7, 11) is 0. The topological polar surface area (TPSA) is 43.8 Å². The molecular formula is C15H25N3. The molecule has 100 valence electrons. The van der Waals surface area contributed by atoms with Crippen molar-refractivity contribution in [3.05, 3.63) is 24.2 Å². The van der Waals surface area contributed by atoms with E-state index >= 15 is 0 Å². The summed E-state index contributed by atoms with van der Waals surface area (Å²) in [6.07, 6.45) is 10.5. The van der Waals surface area contributed by atoms with E-state index in [1.54, 1.807) is 0 Å². The van der Waals surface area contributed by atoms with Crippen LogP contribution < -0.4 is 5.73 Å². The monoisotopic (exact) mass is 247 g/mol. The highest BCUT2D eigenvalue weighted by Gasteiger charge is 2.23. The van der Waals surface area contributed by atoms with Gasteiger partial charge >= 0.3 is 0 Å². The Labute approximate surface area is 110 Å². The zero-order valence-corrected chi connectivity index (χ0v) is 11.5. The summed E-state index contributed by atoms with van der Waals surface area (Å²) in [5.41, 5.74) is 7.32. The molecule has 18 heavy (non-hydrogen) atoms. The minimum absolute atomic E-state index is 0.603. The lowest BCUT2D eigenvalue weighted by Crippen LogP contribution is -2.13. The fourth-order valence-electron chi connectivity index (χ4n) is 2.95. The molecule has 2 rings (SSSR count). The number of anilines is 1. The molecule has 0 bridgehead atoms. The summed E-state index contributed by atoms with van der Waals surface area (Å²) in [5, 5.41) is 0. The molecular weight excluding hydrogens is 222 g/mol. The van der Waals surface area contributed by atoms with Gasteiger partial charge in [0.15, 0.2) is 0 Å². The molecule has 1 aliphatic carbocycles. The first-order valence-electron chi connectivity index (χ1n) is 7.23. The van der Waals surface area contributed by atoms with E-state index in [0.717, 1.165) is 30.9 Å². The predicted octanol–water partition coefficient (Wildman–Crippen LogP) is 3.65. The number of imidazole rings is 1. The number of allylic oxidation sites excluding steroid dienone is 1. The van der Waals surface area contributed by atoms with E-state index in [4.69, 9.17) is 10.7 Å². The van der Waals surface area contributed by atoms with Gasteiger partial charge in [-0.05, 0) is 19.3 Å². The van der Waals surface area contributed by atoms with Gasteiger partial charge in [-0.2, -0.15) is 0 Å². The first kappa shape index (κ1) is 13.2. The molecule has 0 atom stereocenters. The second-order valence-corrected chi connectivity index (χ2v) is 5.29. The first-order valence-corrected chi connectivity index (χ1v) is 7.23. The van der Waals surface area contributed by atoms with Crippen LogP contribution in [0.5, 0.6) is 0 Å². The summed E-state index contributed by atoms with van der Waals surface area (Å²) in [4.78, 5) is 4.83. The van der Waals surface area contributed by atoms with E-state index in [9.17, 15) is 0 Å². The molecule has 1 fully saturated rings. The van der Waals surface area contributed by atoms with Crippen molar-refractivity contribution in [2.24, 2.45) is 0 Å². The Morgan fingerprint density at radius 3 is 2.72 bits per heavy atom. The molecule has 0 radical (unpaired) electrons. The van der Waals surface area contributed by atoms with Gasteiger partial charge in [-0.15, -0.1) is 6.58 Å². The molecule has 1 aromatic heterocycles. The Morgan fingerprint density at radius 2 is 2.11 bits per heavy atom. The molecule has 0 aromatic carbocycles. The van der Waals surface area contributed by atoms with E-state index in [2.05, 4.69) is 18.1 Å². The fourth-order valence-corrected chi connectivity index (χ4v) is 2.95. The summed E-state index contributed by atoms with van der Waals surface area (Å²) in [5.74, 6) is 2.67. The molecule has 1 saturated carbocycles. The number of hydrogen-bond acceptors (Lipinski definition) is 2. The molecule has 0 spiro atoms. The van der Waals surface area contributed by atoms with E-state index in [1.165, 1.54) is 37.9 Å². The standard InChI is InChI=1S/C15H25N3/c1-3-8-13-14(16)18(11-4-2)15(17-13)12-9-6-5-7-10-12/h4,12H,2-3,5-11,16H2,1H3. The summed E-state index contributed by atoms with van der Waals surface area (Å²) in [6.45, 7) is 6.79. The molecule has 0 saturated heterocycles. The van der Waals surface area contributed by atoms with Crippen LogP contribution in [0.15, 0.2) is 12.7 Å². The number of aromatic nitrogens is 2. The SMILES string of the molecule is C=CCn1c(C2CCCCC2)nc(CCC)c1N. The zero-order chi connectivity index (χ0) is 13.0. The van der Waals surface area contributed by atoms with Crippen molar-refractivity contribution in [2.45, 2.75) is 64.3 Å². The molecule has 1 aromatic rings. The van der Waals surface area contributed by atoms with Crippen LogP contribution in [0.1, 0.15) is 62.9 Å². The Bertz CT molecular complexity index is 400. The van der Waals surface area contributed by atoms with E-state index in [-0.39, 0.29) is 0 Å². The van der Waals surface area contributed by atoms with Gasteiger partial charge in [0.05, 0.1) is 5.69 Å². The van der Waals surface area contributed by atoms with E-state index < -0.39 is 0 Å². The molecule has 1 heterocycles. The molecule has 2 N–H and O–H groups in total. The molecule has 3 nitrogen and oxygen atoms in total. The Balaban J connectivity index is 2.30. The van der Waals surface area contributed by atoms with Gasteiger partial charge in [0.1, 0.15) is 11.6 Å². The van der Waals surface area contributed by atoms with Gasteiger partial charge < -0.3 is 10.3 Å². The van der Waals surface area contributed by atoms with Crippen LogP contribution >= 0.6 is 0 Å². The number of nitrogens with zero attached hydrogens (tertiary/aromatic N) is 2. The maximum Gasteiger partial charge on any atom is 0.127 e. The lowest BCUT2D eigenvalue weighted by atomic mass is 9.88. The zero-order valence-electron chi connectivity index (χ0n) is 11.5. The predicted molar refractivity (Wildman–Crippen MR) is 76.7 cm³/mol.